The van der Waals surface area contributed by atoms with E-state index in [1.54, 1.807) is 12.1 Å². The van der Waals surface area contributed by atoms with E-state index in [0.717, 1.165) is 16.3 Å². The van der Waals surface area contributed by atoms with E-state index in [1.165, 1.54) is 29.2 Å². The van der Waals surface area contributed by atoms with Crippen LogP contribution in [0, 0.1) is 12.7 Å². The van der Waals surface area contributed by atoms with E-state index in [4.69, 9.17) is 0 Å². The first-order valence-electron chi connectivity index (χ1n) is 10.5. The second kappa shape index (κ2) is 10.7. The summed E-state index contributed by atoms with van der Waals surface area (Å²) in [6.07, 6.45) is 0.787. The van der Waals surface area contributed by atoms with Crippen LogP contribution in [-0.2, 0) is 30.4 Å². The van der Waals surface area contributed by atoms with Gasteiger partial charge in [0.05, 0.1) is 23.2 Å². The Balaban J connectivity index is 1.52. The Morgan fingerprint density at radius 1 is 1.15 bits per heavy atom. The van der Waals surface area contributed by atoms with Crippen LogP contribution in [0.5, 0.6) is 0 Å². The van der Waals surface area contributed by atoms with Crippen LogP contribution < -0.4 is 5.32 Å². The number of aryl methyl sites for hydroxylation is 1. The molecule has 1 unspecified atom stereocenters. The molecule has 1 atom stereocenters. The molecule has 2 aromatic carbocycles. The van der Waals surface area contributed by atoms with Crippen LogP contribution in [0.1, 0.15) is 33.7 Å². The van der Waals surface area contributed by atoms with Gasteiger partial charge in [-0.25, -0.2) is 9.37 Å². The zero-order chi connectivity index (χ0) is 23.2. The first-order valence-corrected chi connectivity index (χ1v) is 12.4. The molecular formula is C24H24FN5OS2. The number of hydrogen-bond acceptors (Lipinski definition) is 6. The molecule has 0 fully saturated rings. The van der Waals surface area contributed by atoms with Crippen molar-refractivity contribution in [3.8, 4) is 0 Å². The van der Waals surface area contributed by atoms with Crippen LogP contribution in [0.3, 0.4) is 0 Å². The van der Waals surface area contributed by atoms with Gasteiger partial charge in [-0.2, -0.15) is 0 Å². The van der Waals surface area contributed by atoms with Gasteiger partial charge >= 0.3 is 0 Å². The highest BCUT2D eigenvalue weighted by molar-refractivity contribution is 7.98. The molecule has 0 bridgehead atoms. The van der Waals surface area contributed by atoms with E-state index in [-0.39, 0.29) is 24.2 Å². The molecule has 1 amide bonds. The van der Waals surface area contributed by atoms with Crippen LogP contribution in [0.15, 0.2) is 65.1 Å². The predicted molar refractivity (Wildman–Crippen MR) is 129 cm³/mol. The molecule has 1 N–H and O–H groups in total. The summed E-state index contributed by atoms with van der Waals surface area (Å²) in [5.41, 5.74) is 2.45. The molecule has 4 aromatic rings. The van der Waals surface area contributed by atoms with Gasteiger partial charge in [0, 0.05) is 18.2 Å². The smallest absolute Gasteiger partial charge is 0.226 e. The highest BCUT2D eigenvalue weighted by atomic mass is 32.2. The van der Waals surface area contributed by atoms with Gasteiger partial charge in [0.1, 0.15) is 5.82 Å². The summed E-state index contributed by atoms with van der Waals surface area (Å²) in [5, 5.41) is 15.3. The van der Waals surface area contributed by atoms with Crippen molar-refractivity contribution in [1.82, 2.24) is 25.1 Å². The third kappa shape index (κ3) is 6.06. The first-order chi connectivity index (χ1) is 16.0. The molecule has 0 spiro atoms. The molecule has 170 valence electrons. The minimum absolute atomic E-state index is 0.121. The Kier molecular flexibility index (Phi) is 7.51. The van der Waals surface area contributed by atoms with E-state index < -0.39 is 0 Å². The fraction of sp³-hybridized carbons (Fsp3) is 0.250. The number of halogens is 1. The summed E-state index contributed by atoms with van der Waals surface area (Å²) in [4.78, 5) is 17.2. The predicted octanol–water partition coefficient (Wildman–Crippen LogP) is 4.65. The summed E-state index contributed by atoms with van der Waals surface area (Å²) < 4.78 is 15.9. The topological polar surface area (TPSA) is 72.7 Å². The maximum absolute atomic E-state index is 14.0. The van der Waals surface area contributed by atoms with Crippen molar-refractivity contribution < 1.29 is 9.18 Å². The summed E-state index contributed by atoms with van der Waals surface area (Å²) >= 11 is 2.94. The lowest BCUT2D eigenvalue weighted by molar-refractivity contribution is -0.121. The molecular weight excluding hydrogens is 457 g/mol. The monoisotopic (exact) mass is 481 g/mol. The van der Waals surface area contributed by atoms with Gasteiger partial charge in [-0.05, 0) is 30.5 Å². The van der Waals surface area contributed by atoms with E-state index in [9.17, 15) is 9.18 Å². The lowest BCUT2D eigenvalue weighted by Gasteiger charge is -2.18. The van der Waals surface area contributed by atoms with Gasteiger partial charge < -0.3 is 9.88 Å². The second-order valence-corrected chi connectivity index (χ2v) is 9.63. The average molecular weight is 482 g/mol. The Morgan fingerprint density at radius 3 is 2.64 bits per heavy atom. The molecule has 4 rings (SSSR count). The highest BCUT2D eigenvalue weighted by Gasteiger charge is 2.23. The van der Waals surface area contributed by atoms with Crippen molar-refractivity contribution in [3.05, 3.63) is 93.4 Å². The molecule has 0 aliphatic rings. The van der Waals surface area contributed by atoms with Gasteiger partial charge in [0.2, 0.25) is 5.91 Å². The average Bonchev–Trinajstić information content (AvgIpc) is 3.38. The third-order valence-corrected chi connectivity index (χ3v) is 7.01. The van der Waals surface area contributed by atoms with Gasteiger partial charge in [0.15, 0.2) is 11.0 Å². The van der Waals surface area contributed by atoms with Crippen molar-refractivity contribution in [2.45, 2.75) is 36.7 Å². The van der Waals surface area contributed by atoms with E-state index in [0.29, 0.717) is 28.7 Å². The normalized spacial score (nSPS) is 12.0. The lowest BCUT2D eigenvalue weighted by Crippen LogP contribution is -2.33. The third-order valence-electron chi connectivity index (χ3n) is 5.12. The quantitative estimate of drug-likeness (QED) is 0.352. The zero-order valence-electron chi connectivity index (χ0n) is 18.4. The maximum Gasteiger partial charge on any atom is 0.226 e. The van der Waals surface area contributed by atoms with Gasteiger partial charge in [-0.15, -0.1) is 21.5 Å². The number of thiazole rings is 1. The zero-order valence-corrected chi connectivity index (χ0v) is 20.0. The van der Waals surface area contributed by atoms with Gasteiger partial charge in [-0.1, -0.05) is 60.3 Å². The lowest BCUT2D eigenvalue weighted by atomic mass is 10.0. The number of nitrogens with zero attached hydrogens (tertiary/aromatic N) is 4. The molecule has 33 heavy (non-hydrogen) atoms. The van der Waals surface area contributed by atoms with Crippen molar-refractivity contribution in [2.75, 3.05) is 0 Å². The van der Waals surface area contributed by atoms with Crippen LogP contribution in [0.2, 0.25) is 0 Å². The molecule has 6 nitrogen and oxygen atoms in total. The van der Waals surface area contributed by atoms with Crippen molar-refractivity contribution in [2.24, 2.45) is 7.05 Å². The molecule has 0 aliphatic heterocycles. The fourth-order valence-electron chi connectivity index (χ4n) is 3.47. The summed E-state index contributed by atoms with van der Waals surface area (Å²) in [6, 6.07) is 16.3. The van der Waals surface area contributed by atoms with Crippen LogP contribution in [0.4, 0.5) is 4.39 Å². The largest absolute Gasteiger partial charge is 0.345 e. The number of amides is 1. The van der Waals surface area contributed by atoms with Crippen molar-refractivity contribution in [1.29, 1.82) is 0 Å². The van der Waals surface area contributed by atoms with E-state index in [1.807, 2.05) is 60.3 Å². The van der Waals surface area contributed by atoms with Crippen molar-refractivity contribution in [3.63, 3.8) is 0 Å². The van der Waals surface area contributed by atoms with Crippen LogP contribution in [0.25, 0.3) is 0 Å². The Morgan fingerprint density at radius 2 is 1.91 bits per heavy atom. The van der Waals surface area contributed by atoms with Crippen molar-refractivity contribution >= 4 is 29.0 Å². The molecule has 2 heterocycles. The minimum atomic E-state index is -0.361. The number of hydrogen-bond donors (Lipinski definition) is 1. The number of rotatable bonds is 9. The summed E-state index contributed by atoms with van der Waals surface area (Å²) in [7, 11) is 1.87. The van der Waals surface area contributed by atoms with Crippen LogP contribution in [-0.4, -0.2) is 25.7 Å². The first kappa shape index (κ1) is 23.1. The van der Waals surface area contributed by atoms with E-state index >= 15 is 0 Å². The molecule has 0 saturated heterocycles. The molecule has 9 heteroatoms. The summed E-state index contributed by atoms with van der Waals surface area (Å²) in [6.45, 7) is 1.92. The Bertz CT molecular complexity index is 1220. The van der Waals surface area contributed by atoms with Gasteiger partial charge in [0.25, 0.3) is 0 Å². The number of benzene rings is 2. The van der Waals surface area contributed by atoms with E-state index in [2.05, 4.69) is 20.5 Å². The summed E-state index contributed by atoms with van der Waals surface area (Å²) in [5.74, 6) is 0.735. The fourth-order valence-corrected chi connectivity index (χ4v) is 4.99. The molecule has 0 radical (unpaired) electrons. The molecule has 2 aromatic heterocycles. The maximum atomic E-state index is 14.0. The Hall–Kier alpha value is -3.04. The number of thioether (sulfide) groups is 1. The van der Waals surface area contributed by atoms with Gasteiger partial charge in [-0.3, -0.25) is 4.79 Å². The number of aromatic nitrogens is 4. The Labute approximate surface area is 200 Å². The minimum Gasteiger partial charge on any atom is -0.345 e. The number of carbonyl (C=O) groups is 1. The molecule has 0 aliphatic carbocycles. The number of nitrogens with one attached hydrogen (secondary N) is 1. The highest BCUT2D eigenvalue weighted by Crippen LogP contribution is 2.25. The van der Waals surface area contributed by atoms with Crippen LogP contribution >= 0.6 is 23.1 Å². The SMILES string of the molecule is Cc1nc(CC(=O)NC(Cc2ccccc2)c2nnc(SCc3ccccc3F)n2C)cs1. The number of carbonyl (C=O) groups excluding carboxylic acids is 1. The second-order valence-electron chi connectivity index (χ2n) is 7.62. The molecule has 0 saturated carbocycles. The standard InChI is InChI=1S/C24H24FN5OS2/c1-16-26-19(15-32-16)13-22(31)27-21(12-17-8-4-3-5-9-17)23-28-29-24(30(23)2)33-14-18-10-6-7-11-20(18)25/h3-11,15,21H,12-14H2,1-2H3,(H,27,31).